The molecule has 1 saturated carbocycles. The minimum Gasteiger partial charge on any atom is -0.380 e. The standard InChI is InChI=1S/C22H43NO7/c1-4-7-9-27-11-13-29-20-15-21(16-20)30-14-12-28-10-8-22(24)23-19(17-25-5-2)18-26-6-3/h19-21H,4-18H2,1-3H3,(H,23,24). The van der Waals surface area contributed by atoms with Crippen LogP contribution in [0.5, 0.6) is 0 Å². The first-order chi connectivity index (χ1) is 14.7. The third kappa shape index (κ3) is 14.3. The van der Waals surface area contributed by atoms with Crippen LogP contribution < -0.4 is 5.32 Å². The summed E-state index contributed by atoms with van der Waals surface area (Å²) in [7, 11) is 0. The van der Waals surface area contributed by atoms with Crippen molar-refractivity contribution in [3.05, 3.63) is 0 Å². The predicted octanol–water partition coefficient (Wildman–Crippen LogP) is 2.33. The molecule has 0 spiro atoms. The van der Waals surface area contributed by atoms with Gasteiger partial charge in [-0.3, -0.25) is 4.79 Å². The molecule has 0 atom stereocenters. The van der Waals surface area contributed by atoms with Crippen LogP contribution in [0, 0.1) is 0 Å². The third-order valence-corrected chi connectivity index (χ3v) is 4.74. The molecule has 0 aromatic rings. The molecule has 0 unspecified atom stereocenters. The monoisotopic (exact) mass is 433 g/mol. The predicted molar refractivity (Wildman–Crippen MR) is 115 cm³/mol. The lowest BCUT2D eigenvalue weighted by molar-refractivity contribution is -0.125. The van der Waals surface area contributed by atoms with Crippen molar-refractivity contribution in [2.45, 2.75) is 71.1 Å². The highest BCUT2D eigenvalue weighted by molar-refractivity contribution is 5.76. The Hall–Kier alpha value is -0.770. The Morgan fingerprint density at radius 1 is 0.800 bits per heavy atom. The highest BCUT2D eigenvalue weighted by atomic mass is 16.5. The maximum atomic E-state index is 12.0. The summed E-state index contributed by atoms with van der Waals surface area (Å²) in [5.74, 6) is -0.0574. The fourth-order valence-electron chi connectivity index (χ4n) is 2.90. The molecule has 0 bridgehead atoms. The van der Waals surface area contributed by atoms with Gasteiger partial charge in [0.15, 0.2) is 0 Å². The Kier molecular flexibility index (Phi) is 17.2. The maximum absolute atomic E-state index is 12.0. The first kappa shape index (κ1) is 27.3. The van der Waals surface area contributed by atoms with Crippen LogP contribution in [0.4, 0.5) is 0 Å². The molecule has 178 valence electrons. The number of unbranched alkanes of at least 4 members (excludes halogenated alkanes) is 1. The van der Waals surface area contributed by atoms with E-state index in [0.29, 0.717) is 65.9 Å². The van der Waals surface area contributed by atoms with Gasteiger partial charge in [0.1, 0.15) is 0 Å². The molecule has 8 nitrogen and oxygen atoms in total. The van der Waals surface area contributed by atoms with Gasteiger partial charge in [0.25, 0.3) is 0 Å². The van der Waals surface area contributed by atoms with E-state index < -0.39 is 0 Å². The molecule has 0 saturated heterocycles. The van der Waals surface area contributed by atoms with E-state index in [1.807, 2.05) is 13.8 Å². The number of ether oxygens (including phenoxy) is 6. The quantitative estimate of drug-likeness (QED) is 0.278. The second kappa shape index (κ2) is 19.0. The van der Waals surface area contributed by atoms with E-state index in [2.05, 4.69) is 12.2 Å². The molecule has 1 fully saturated rings. The van der Waals surface area contributed by atoms with E-state index in [4.69, 9.17) is 28.4 Å². The maximum Gasteiger partial charge on any atom is 0.222 e. The number of rotatable bonds is 21. The summed E-state index contributed by atoms with van der Waals surface area (Å²) < 4.78 is 33.3. The minimum atomic E-state index is -0.127. The van der Waals surface area contributed by atoms with Gasteiger partial charge in [-0.25, -0.2) is 0 Å². The van der Waals surface area contributed by atoms with E-state index >= 15 is 0 Å². The molecule has 0 aliphatic heterocycles. The first-order valence-corrected chi connectivity index (χ1v) is 11.5. The van der Waals surface area contributed by atoms with Gasteiger partial charge in [-0.1, -0.05) is 13.3 Å². The van der Waals surface area contributed by atoms with Crippen molar-refractivity contribution in [3.63, 3.8) is 0 Å². The summed E-state index contributed by atoms with van der Waals surface area (Å²) in [5.41, 5.74) is 0. The Morgan fingerprint density at radius 2 is 1.37 bits per heavy atom. The lowest BCUT2D eigenvalue weighted by Crippen LogP contribution is -2.42. The van der Waals surface area contributed by atoms with Crippen molar-refractivity contribution >= 4 is 5.91 Å². The normalized spacial score (nSPS) is 18.5. The molecule has 30 heavy (non-hydrogen) atoms. The molecule has 8 heteroatoms. The highest BCUT2D eigenvalue weighted by Gasteiger charge is 2.30. The molecule has 1 rings (SSSR count). The van der Waals surface area contributed by atoms with E-state index in [1.54, 1.807) is 0 Å². The number of carbonyl (C=O) groups excluding carboxylic acids is 1. The van der Waals surface area contributed by atoms with Crippen LogP contribution in [-0.4, -0.2) is 90.2 Å². The van der Waals surface area contributed by atoms with Crippen LogP contribution in [-0.2, 0) is 33.2 Å². The highest BCUT2D eigenvalue weighted by Crippen LogP contribution is 2.26. The van der Waals surface area contributed by atoms with Gasteiger partial charge >= 0.3 is 0 Å². The molecule has 1 aliphatic carbocycles. The average Bonchev–Trinajstić information content (AvgIpc) is 2.71. The summed E-state index contributed by atoms with van der Waals surface area (Å²) in [6.45, 7) is 11.7. The fraction of sp³-hybridized carbons (Fsp3) is 0.955. The van der Waals surface area contributed by atoms with Gasteiger partial charge in [-0.15, -0.1) is 0 Å². The summed E-state index contributed by atoms with van der Waals surface area (Å²) >= 11 is 0. The van der Waals surface area contributed by atoms with Crippen LogP contribution in [0.1, 0.15) is 52.9 Å². The molecule has 1 N–H and O–H groups in total. The number of nitrogens with one attached hydrogen (secondary N) is 1. The zero-order valence-electron chi connectivity index (χ0n) is 19.2. The lowest BCUT2D eigenvalue weighted by atomic mass is 9.92. The summed E-state index contributed by atoms with van der Waals surface area (Å²) in [5, 5.41) is 2.93. The van der Waals surface area contributed by atoms with Crippen molar-refractivity contribution in [1.29, 1.82) is 0 Å². The van der Waals surface area contributed by atoms with Crippen LogP contribution >= 0.6 is 0 Å². The molecule has 1 amide bonds. The first-order valence-electron chi connectivity index (χ1n) is 11.5. The molecular weight excluding hydrogens is 390 g/mol. The SMILES string of the molecule is CCCCOCCOC1CC(OCCOCCC(=O)NC(COCC)COCC)C1. The zero-order valence-corrected chi connectivity index (χ0v) is 19.2. The van der Waals surface area contributed by atoms with E-state index in [0.717, 1.165) is 32.3 Å². The van der Waals surface area contributed by atoms with Gasteiger partial charge in [0.05, 0.1) is 64.5 Å². The van der Waals surface area contributed by atoms with Crippen molar-refractivity contribution in [2.24, 2.45) is 0 Å². The van der Waals surface area contributed by atoms with Crippen LogP contribution in [0.2, 0.25) is 0 Å². The topological polar surface area (TPSA) is 84.5 Å². The number of hydrogen-bond donors (Lipinski definition) is 1. The van der Waals surface area contributed by atoms with Gasteiger partial charge in [-0.05, 0) is 33.1 Å². The summed E-state index contributed by atoms with van der Waals surface area (Å²) in [6.07, 6.45) is 4.97. The molecule has 0 aromatic heterocycles. The van der Waals surface area contributed by atoms with E-state index in [1.165, 1.54) is 0 Å². The van der Waals surface area contributed by atoms with Crippen LogP contribution in [0.3, 0.4) is 0 Å². The molecule has 1 aliphatic rings. The van der Waals surface area contributed by atoms with Gasteiger partial charge < -0.3 is 33.7 Å². The van der Waals surface area contributed by atoms with Gasteiger partial charge in [0, 0.05) is 26.2 Å². The van der Waals surface area contributed by atoms with Gasteiger partial charge in [0.2, 0.25) is 5.91 Å². The second-order valence-electron chi connectivity index (χ2n) is 7.37. The number of hydrogen-bond acceptors (Lipinski definition) is 7. The average molecular weight is 434 g/mol. The molecule has 0 radical (unpaired) electrons. The number of amides is 1. The second-order valence-corrected chi connectivity index (χ2v) is 7.37. The Balaban J connectivity index is 1.91. The van der Waals surface area contributed by atoms with Crippen molar-refractivity contribution < 1.29 is 33.2 Å². The summed E-state index contributed by atoms with van der Waals surface area (Å²) in [6, 6.07) is -0.127. The smallest absolute Gasteiger partial charge is 0.222 e. The molecular formula is C22H43NO7. The Bertz CT molecular complexity index is 397. The van der Waals surface area contributed by atoms with Crippen molar-refractivity contribution in [3.8, 4) is 0 Å². The lowest BCUT2D eigenvalue weighted by Gasteiger charge is -2.34. The largest absolute Gasteiger partial charge is 0.380 e. The van der Waals surface area contributed by atoms with E-state index in [9.17, 15) is 4.79 Å². The van der Waals surface area contributed by atoms with Crippen molar-refractivity contribution in [2.75, 3.05) is 66.1 Å². The summed E-state index contributed by atoms with van der Waals surface area (Å²) in [4.78, 5) is 12.0. The fourth-order valence-corrected chi connectivity index (χ4v) is 2.90. The van der Waals surface area contributed by atoms with E-state index in [-0.39, 0.29) is 24.2 Å². The van der Waals surface area contributed by atoms with Crippen LogP contribution in [0.25, 0.3) is 0 Å². The molecule has 0 aromatic carbocycles. The zero-order chi connectivity index (χ0) is 21.9. The Morgan fingerprint density at radius 3 is 1.90 bits per heavy atom. The third-order valence-electron chi connectivity index (χ3n) is 4.74. The van der Waals surface area contributed by atoms with Gasteiger partial charge in [-0.2, -0.15) is 0 Å². The minimum absolute atomic E-state index is 0.0574. The molecule has 0 heterocycles. The van der Waals surface area contributed by atoms with Crippen LogP contribution in [0.15, 0.2) is 0 Å². The van der Waals surface area contributed by atoms with Crippen molar-refractivity contribution in [1.82, 2.24) is 5.32 Å². The number of carbonyl (C=O) groups is 1. The Labute approximate surface area is 182 Å².